The summed E-state index contributed by atoms with van der Waals surface area (Å²) in [5.41, 5.74) is -33.2. The number of fused-ring (bicyclic) bond motifs is 3. The van der Waals surface area contributed by atoms with Gasteiger partial charge in [-0.1, -0.05) is 18.2 Å². The first-order valence-electron chi connectivity index (χ1n) is 17.5. The molecule has 85 heavy (non-hydrogen) atoms. The molecule has 0 saturated heterocycles. The maximum Gasteiger partial charge on any atom is 3.00 e. The predicted molar refractivity (Wildman–Crippen MR) is 227 cm³/mol. The van der Waals surface area contributed by atoms with E-state index in [1.165, 1.54) is 36.4 Å². The van der Waals surface area contributed by atoms with Crippen LogP contribution in [0.15, 0.2) is 69.3 Å². The Kier molecular flexibility index (Phi) is 30.3. The summed E-state index contributed by atoms with van der Waals surface area (Å²) in [5, 5.41) is 32.4. The molecule has 0 fully saturated rings. The molecule has 6 N–H and O–H groups in total. The van der Waals surface area contributed by atoms with Crippen LogP contribution in [-0.4, -0.2) is 171 Å². The molecule has 0 spiro atoms. The minimum absolute atomic E-state index is 0. The van der Waals surface area contributed by atoms with E-state index < -0.39 is 123 Å². The molecule has 0 bridgehead atoms. The zero-order valence-electron chi connectivity index (χ0n) is 38.4. The van der Waals surface area contributed by atoms with Gasteiger partial charge in [-0.25, -0.2) is 25.3 Å². The van der Waals surface area contributed by atoms with Crippen LogP contribution in [0.1, 0.15) is 0 Å². The normalized spacial score (nSPS) is 15.7. The molecule has 58 heteroatoms. The summed E-state index contributed by atoms with van der Waals surface area (Å²) in [6.07, 6.45) is 0. The van der Waals surface area contributed by atoms with Gasteiger partial charge >= 0.3 is 111 Å². The zero-order chi connectivity index (χ0) is 68.3. The second-order valence-corrected chi connectivity index (χ2v) is 27.2. The zero-order valence-corrected chi connectivity index (χ0v) is 46.9. The second-order valence-electron chi connectivity index (χ2n) is 13.0. The Morgan fingerprint density at radius 3 is 0.541 bits per heavy atom. The van der Waals surface area contributed by atoms with Crippen molar-refractivity contribution in [1.29, 1.82) is 0 Å². The third-order valence-electron chi connectivity index (χ3n) is 6.61. The summed E-state index contributed by atoms with van der Waals surface area (Å²) >= 11 is 0. The van der Waals surface area contributed by atoms with E-state index in [2.05, 4.69) is 0 Å². The molecule has 0 aromatic heterocycles. The van der Waals surface area contributed by atoms with Gasteiger partial charge in [-0.3, -0.25) is 27.3 Å². The largest absolute Gasteiger partial charge is 3.00 e. The molecule has 0 atom stereocenters. The summed E-state index contributed by atoms with van der Waals surface area (Å²) in [5.74, 6) is -1.20. The average molecular weight is 1480 g/mol. The third-order valence-corrected chi connectivity index (χ3v) is 14.4. The Morgan fingerprint density at radius 1 is 0.318 bits per heavy atom. The number of hydrogen-bond acceptors (Lipinski definition) is 24. The molecule has 3 heterocycles. The van der Waals surface area contributed by atoms with Crippen molar-refractivity contribution in [1.82, 2.24) is 0 Å². The van der Waals surface area contributed by atoms with E-state index in [1.807, 2.05) is 0 Å². The van der Waals surface area contributed by atoms with E-state index >= 15 is 0 Å². The van der Waals surface area contributed by atoms with Crippen LogP contribution >= 0.6 is 0 Å². The molecule has 0 unspecified atom stereocenters. The predicted octanol–water partition coefficient (Wildman–Crippen LogP) is 1.63. The van der Waals surface area contributed by atoms with E-state index in [4.69, 9.17) is 92.0 Å². The van der Waals surface area contributed by atoms with Crippen molar-refractivity contribution in [3.05, 3.63) is 54.6 Å². The van der Waals surface area contributed by atoms with Crippen molar-refractivity contribution in [2.24, 2.45) is 0 Å². The van der Waals surface area contributed by atoms with E-state index in [0.29, 0.717) is 0 Å². The maximum atomic E-state index is 11.1. The number of halogens is 18. The van der Waals surface area contributed by atoms with Crippen molar-refractivity contribution in [3.8, 4) is 34.5 Å². The molecule has 30 nitrogen and oxygen atoms in total. The molecule has 0 radical (unpaired) electrons. The molecular weight excluding hydrogens is 1460 g/mol. The van der Waals surface area contributed by atoms with Gasteiger partial charge in [-0.05, 0) is 36.4 Å². The number of benzene rings is 3. The minimum Gasteiger partial charge on any atom is -0.872 e. The number of alkyl halides is 18. The number of rotatable bonds is 0. The van der Waals surface area contributed by atoms with Crippen LogP contribution in [0.2, 0.25) is 0 Å². The van der Waals surface area contributed by atoms with Crippen LogP contribution in [0.5, 0.6) is 34.5 Å². The van der Waals surface area contributed by atoms with Crippen molar-refractivity contribution < 1.29 is 212 Å². The smallest absolute Gasteiger partial charge is 0.872 e. The van der Waals surface area contributed by atoms with Crippen LogP contribution in [0, 0.1) is 0 Å². The summed E-state index contributed by atoms with van der Waals surface area (Å²) in [4.78, 5) is 0.0278. The van der Waals surface area contributed by atoms with E-state index in [0.717, 1.165) is 18.2 Å². The molecule has 3 aromatic rings. The third kappa shape index (κ3) is 30.5. The van der Waals surface area contributed by atoms with Gasteiger partial charge in [0.05, 0.1) is 0 Å². The quantitative estimate of drug-likeness (QED) is 0.0806. The molecule has 3 aliphatic rings. The van der Waals surface area contributed by atoms with Crippen molar-refractivity contribution in [2.75, 3.05) is 17.8 Å². The average Bonchev–Trinajstić information content (AvgIpc) is 3.82. The van der Waals surface area contributed by atoms with Crippen LogP contribution in [-0.2, 0) is 90.2 Å². The van der Waals surface area contributed by atoms with E-state index in [-0.39, 0.29) is 84.4 Å². The molecule has 3 aromatic carbocycles. The molecule has 6 rings (SSSR count). The van der Waals surface area contributed by atoms with Crippen molar-refractivity contribution in [3.63, 3.8) is 0 Å². The fourth-order valence-electron chi connectivity index (χ4n) is 3.17. The van der Waals surface area contributed by atoms with Gasteiger partial charge in [0.1, 0.15) is 31.9 Å². The van der Waals surface area contributed by atoms with Gasteiger partial charge in [0.25, 0.3) is 0 Å². The van der Waals surface area contributed by atoms with E-state index in [1.54, 1.807) is 0 Å². The van der Waals surface area contributed by atoms with Crippen LogP contribution in [0.25, 0.3) is 0 Å². The van der Waals surface area contributed by atoms with Gasteiger partial charge in [0, 0.05) is 0 Å². The van der Waals surface area contributed by atoms with Gasteiger partial charge < -0.3 is 29.5 Å². The van der Waals surface area contributed by atoms with Gasteiger partial charge in [0.15, 0.2) is 17.8 Å². The van der Waals surface area contributed by atoms with Crippen molar-refractivity contribution in [2.45, 2.75) is 47.7 Å². The number of sulfone groups is 3. The van der Waals surface area contributed by atoms with Gasteiger partial charge in [-0.15, -0.1) is 17.2 Å². The molecule has 0 aliphatic carbocycles. The Balaban J connectivity index is -0.000000437. The Bertz CT molecular complexity index is 3300. The van der Waals surface area contributed by atoms with Crippen LogP contribution in [0.3, 0.4) is 0 Å². The van der Waals surface area contributed by atoms with E-state index in [9.17, 15) is 120 Å². The fraction of sp³-hybridized carbons (Fsp3) is 0.333. The van der Waals surface area contributed by atoms with Crippen LogP contribution in [0.4, 0.5) is 79.0 Å². The Morgan fingerprint density at radius 2 is 0.435 bits per heavy atom. The standard InChI is InChI=1S/3C7H6O4S.6CHF3O3S.Al/c3*8-5-1-2-6-7(3-5)12(9,10)4-11-6;6*2-1(3,4)8(5,6)7;/h3*1-3,8H,4H2;6*(H,5,6,7);/q;;;;;;;;;+3/p-3. The molecule has 0 amide bonds. The molecule has 0 saturated carbocycles. The first-order chi connectivity index (χ1) is 36.3. The Hall–Kier alpha value is -4.96. The van der Waals surface area contributed by atoms with Gasteiger partial charge in [-0.2, -0.15) is 130 Å². The SMILES string of the molecule is O=S(=O)(O)C(F)(F)F.O=S(=O)(O)C(F)(F)F.O=S(=O)(O)C(F)(F)F.O=S(=O)(O)C(F)(F)F.O=S(=O)(O)C(F)(F)F.O=S(=O)(O)C(F)(F)F.O=S1(=O)COc2ccc([O-])cc21.O=S1(=O)COc2ccc([O-])cc21.O=S1(=O)COc2ccc([O-])cc21.[Al+3]. The fourth-order valence-corrected chi connectivity index (χ4v) is 6.58. The summed E-state index contributed by atoms with van der Waals surface area (Å²) in [6.45, 7) is 0. The molecule has 3 aliphatic heterocycles. The first-order valence-corrected chi connectivity index (χ1v) is 31.1. The topological polar surface area (TPSA) is 526 Å². The van der Waals surface area contributed by atoms with Crippen LogP contribution < -0.4 is 29.5 Å². The Labute approximate surface area is 471 Å². The minimum atomic E-state index is -5.84. The first kappa shape index (κ1) is 86.5. The summed E-state index contributed by atoms with van der Waals surface area (Å²) in [7, 11) is -45.1. The number of ether oxygens (including phenoxy) is 3. The molecule has 492 valence electrons. The number of hydrogen-bond donors (Lipinski definition) is 6. The summed E-state index contributed by atoms with van der Waals surface area (Å²) in [6, 6.07) is 11.2. The summed E-state index contributed by atoms with van der Waals surface area (Å²) < 4.78 is 427. The second kappa shape index (κ2) is 29.8. The molecular formula is C27H21AlF18O30S9. The van der Waals surface area contributed by atoms with Crippen molar-refractivity contribution >= 4 is 108 Å². The van der Waals surface area contributed by atoms with Gasteiger partial charge in [0.2, 0.25) is 29.5 Å². The monoisotopic (exact) mass is 1480 g/mol. The maximum absolute atomic E-state index is 11.1.